The Balaban J connectivity index is 2.06. The zero-order valence-electron chi connectivity index (χ0n) is 15.8. The molecule has 2 rings (SSSR count). The van der Waals surface area contributed by atoms with E-state index in [1.807, 2.05) is 19.9 Å². The van der Waals surface area contributed by atoms with Crippen LogP contribution in [0.5, 0.6) is 5.88 Å². The predicted molar refractivity (Wildman–Crippen MR) is 97.0 cm³/mol. The molecule has 1 aromatic rings. The van der Waals surface area contributed by atoms with Crippen LogP contribution < -0.4 is 10.1 Å². The molecule has 1 saturated carbocycles. The Morgan fingerprint density at radius 3 is 2.88 bits per heavy atom. The molecule has 0 spiro atoms. The molecule has 0 aliphatic heterocycles. The lowest BCUT2D eigenvalue weighted by molar-refractivity contribution is -0.147. The summed E-state index contributed by atoms with van der Waals surface area (Å²) in [7, 11) is 1.63. The van der Waals surface area contributed by atoms with E-state index in [0.29, 0.717) is 37.3 Å². The van der Waals surface area contributed by atoms with Crippen LogP contribution in [0.3, 0.4) is 0 Å². The Morgan fingerprint density at radius 1 is 1.44 bits per heavy atom. The SMILES string of the molecule is CCOC1(C(=O)Nc2cnc(OCCOC)c(C)c2)CCCC(C)C1. The van der Waals surface area contributed by atoms with E-state index in [4.69, 9.17) is 14.2 Å². The molecule has 1 aliphatic carbocycles. The molecule has 2 atom stereocenters. The van der Waals surface area contributed by atoms with Crippen molar-refractivity contribution in [2.45, 2.75) is 52.1 Å². The summed E-state index contributed by atoms with van der Waals surface area (Å²) in [4.78, 5) is 17.2. The minimum atomic E-state index is -0.728. The van der Waals surface area contributed by atoms with Gasteiger partial charge in [-0.15, -0.1) is 0 Å². The van der Waals surface area contributed by atoms with Gasteiger partial charge in [0.2, 0.25) is 5.88 Å². The van der Waals surface area contributed by atoms with E-state index in [9.17, 15) is 4.79 Å². The summed E-state index contributed by atoms with van der Waals surface area (Å²) >= 11 is 0. The van der Waals surface area contributed by atoms with Crippen molar-refractivity contribution in [1.29, 1.82) is 0 Å². The number of aromatic nitrogens is 1. The van der Waals surface area contributed by atoms with Crippen LogP contribution in [0.1, 0.15) is 45.1 Å². The van der Waals surface area contributed by atoms with Crippen LogP contribution in [0.15, 0.2) is 12.3 Å². The topological polar surface area (TPSA) is 69.7 Å². The molecule has 1 heterocycles. The Morgan fingerprint density at radius 2 is 2.24 bits per heavy atom. The van der Waals surface area contributed by atoms with Gasteiger partial charge in [0.25, 0.3) is 5.91 Å². The minimum absolute atomic E-state index is 0.0739. The molecule has 6 heteroatoms. The summed E-state index contributed by atoms with van der Waals surface area (Å²) in [6, 6.07) is 1.87. The third-order valence-electron chi connectivity index (χ3n) is 4.60. The minimum Gasteiger partial charge on any atom is -0.475 e. The Kier molecular flexibility index (Phi) is 7.20. The largest absolute Gasteiger partial charge is 0.475 e. The average Bonchev–Trinajstić information content (AvgIpc) is 2.57. The first-order chi connectivity index (χ1) is 12.0. The first kappa shape index (κ1) is 19.7. The van der Waals surface area contributed by atoms with Crippen molar-refractivity contribution in [2.75, 3.05) is 32.2 Å². The number of hydrogen-bond acceptors (Lipinski definition) is 5. The zero-order chi connectivity index (χ0) is 18.3. The maximum atomic E-state index is 12.9. The number of nitrogens with zero attached hydrogens (tertiary/aromatic N) is 1. The number of hydrogen-bond donors (Lipinski definition) is 1. The van der Waals surface area contributed by atoms with E-state index in [-0.39, 0.29) is 5.91 Å². The molecule has 140 valence electrons. The maximum absolute atomic E-state index is 12.9. The van der Waals surface area contributed by atoms with Gasteiger partial charge in [0.1, 0.15) is 12.2 Å². The number of methoxy groups -OCH3 is 1. The number of carbonyl (C=O) groups excluding carboxylic acids is 1. The maximum Gasteiger partial charge on any atom is 0.256 e. The highest BCUT2D eigenvalue weighted by Crippen LogP contribution is 2.36. The Hall–Kier alpha value is -1.66. The standard InChI is InChI=1S/C19H30N2O4/c1-5-25-19(8-6-7-14(2)12-19)18(22)21-16-11-15(3)17(20-13-16)24-10-9-23-4/h11,13-14H,5-10,12H2,1-4H3,(H,21,22). The van der Waals surface area contributed by atoms with Crippen LogP contribution in [0.25, 0.3) is 0 Å². The van der Waals surface area contributed by atoms with Gasteiger partial charge in [-0.25, -0.2) is 4.98 Å². The smallest absolute Gasteiger partial charge is 0.256 e. The molecule has 0 radical (unpaired) electrons. The number of ether oxygens (including phenoxy) is 3. The first-order valence-corrected chi connectivity index (χ1v) is 9.04. The van der Waals surface area contributed by atoms with Crippen molar-refractivity contribution in [3.63, 3.8) is 0 Å². The van der Waals surface area contributed by atoms with Crippen molar-refractivity contribution >= 4 is 11.6 Å². The van der Waals surface area contributed by atoms with Gasteiger partial charge in [-0.3, -0.25) is 4.79 Å². The number of rotatable bonds is 8. The first-order valence-electron chi connectivity index (χ1n) is 9.04. The van der Waals surface area contributed by atoms with Gasteiger partial charge in [-0.1, -0.05) is 13.3 Å². The zero-order valence-corrected chi connectivity index (χ0v) is 15.8. The fraction of sp³-hybridized carbons (Fsp3) is 0.684. The average molecular weight is 350 g/mol. The van der Waals surface area contributed by atoms with Gasteiger partial charge >= 0.3 is 0 Å². The normalized spacial score (nSPS) is 23.3. The van der Waals surface area contributed by atoms with Gasteiger partial charge < -0.3 is 19.5 Å². The lowest BCUT2D eigenvalue weighted by Crippen LogP contribution is -2.48. The van der Waals surface area contributed by atoms with Crippen LogP contribution in [0.2, 0.25) is 0 Å². The molecule has 1 aromatic heterocycles. The summed E-state index contributed by atoms with van der Waals surface area (Å²) in [6.07, 6.45) is 5.31. The molecule has 2 unspecified atom stereocenters. The van der Waals surface area contributed by atoms with E-state index in [1.165, 1.54) is 0 Å². The molecule has 6 nitrogen and oxygen atoms in total. The molecule has 1 amide bonds. The molecule has 1 fully saturated rings. The molecule has 0 aromatic carbocycles. The molecule has 1 N–H and O–H groups in total. The molecular weight excluding hydrogens is 320 g/mol. The second-order valence-electron chi connectivity index (χ2n) is 6.77. The molecule has 25 heavy (non-hydrogen) atoms. The van der Waals surface area contributed by atoms with Crippen LogP contribution in [-0.4, -0.2) is 43.4 Å². The van der Waals surface area contributed by atoms with Gasteiger partial charge in [0.05, 0.1) is 18.5 Å². The predicted octanol–water partition coefficient (Wildman–Crippen LogP) is 3.34. The molecule has 1 aliphatic rings. The van der Waals surface area contributed by atoms with E-state index < -0.39 is 5.60 Å². The number of nitrogens with one attached hydrogen (secondary N) is 1. The van der Waals surface area contributed by atoms with Gasteiger partial charge in [0, 0.05) is 19.3 Å². The third-order valence-corrected chi connectivity index (χ3v) is 4.60. The monoisotopic (exact) mass is 350 g/mol. The van der Waals surface area contributed by atoms with Gasteiger partial charge in [-0.05, 0) is 45.1 Å². The van der Waals surface area contributed by atoms with E-state index in [0.717, 1.165) is 31.2 Å². The fourth-order valence-corrected chi connectivity index (χ4v) is 3.43. The van der Waals surface area contributed by atoms with Crippen LogP contribution in [0.4, 0.5) is 5.69 Å². The lowest BCUT2D eigenvalue weighted by atomic mass is 9.78. The van der Waals surface area contributed by atoms with Crippen LogP contribution in [0, 0.1) is 12.8 Å². The lowest BCUT2D eigenvalue weighted by Gasteiger charge is -2.38. The highest BCUT2D eigenvalue weighted by Gasteiger charge is 2.42. The van der Waals surface area contributed by atoms with Crippen LogP contribution in [-0.2, 0) is 14.3 Å². The van der Waals surface area contributed by atoms with E-state index in [1.54, 1.807) is 13.3 Å². The highest BCUT2D eigenvalue weighted by atomic mass is 16.5. The highest BCUT2D eigenvalue weighted by molar-refractivity contribution is 5.97. The summed E-state index contributed by atoms with van der Waals surface area (Å²) in [5, 5.41) is 2.99. The number of amides is 1. The van der Waals surface area contributed by atoms with Crippen LogP contribution >= 0.6 is 0 Å². The van der Waals surface area contributed by atoms with Crippen molar-refractivity contribution in [3.8, 4) is 5.88 Å². The van der Waals surface area contributed by atoms with Gasteiger partial charge in [-0.2, -0.15) is 0 Å². The number of aryl methyl sites for hydroxylation is 1. The second kappa shape index (κ2) is 9.15. The van der Waals surface area contributed by atoms with Crippen molar-refractivity contribution in [3.05, 3.63) is 17.8 Å². The fourth-order valence-electron chi connectivity index (χ4n) is 3.43. The Bertz CT molecular complexity index is 575. The number of carbonyl (C=O) groups is 1. The van der Waals surface area contributed by atoms with Crippen molar-refractivity contribution in [1.82, 2.24) is 4.98 Å². The van der Waals surface area contributed by atoms with E-state index >= 15 is 0 Å². The molecule has 0 saturated heterocycles. The summed E-state index contributed by atoms with van der Waals surface area (Å²) in [5.41, 5.74) is 0.809. The molecular formula is C19H30N2O4. The quantitative estimate of drug-likeness (QED) is 0.728. The summed E-state index contributed by atoms with van der Waals surface area (Å²) in [5.74, 6) is 0.971. The van der Waals surface area contributed by atoms with Crippen molar-refractivity contribution in [2.24, 2.45) is 5.92 Å². The summed E-state index contributed by atoms with van der Waals surface area (Å²) < 4.78 is 16.4. The summed E-state index contributed by atoms with van der Waals surface area (Å²) in [6.45, 7) is 7.51. The third kappa shape index (κ3) is 5.16. The second-order valence-corrected chi connectivity index (χ2v) is 6.77. The number of anilines is 1. The van der Waals surface area contributed by atoms with E-state index in [2.05, 4.69) is 17.2 Å². The Labute approximate surface area is 150 Å². The molecule has 0 bridgehead atoms. The van der Waals surface area contributed by atoms with Crippen molar-refractivity contribution < 1.29 is 19.0 Å². The van der Waals surface area contributed by atoms with Gasteiger partial charge in [0.15, 0.2) is 0 Å². The number of pyridine rings is 1.